The van der Waals surface area contributed by atoms with Crippen LogP contribution in [0.5, 0.6) is 0 Å². The SMILES string of the molecule is CC(C)c1cccc(C(C)C)c1N1C=C2C=CC=C(N(C)C)N2C1=C1CC=CC=C1c1ccccc1.[Cl][Au]([Cl])[Cl]. The molecule has 1 aliphatic carbocycles. The molecule has 0 saturated carbocycles. The van der Waals surface area contributed by atoms with E-state index in [1.165, 1.54) is 50.9 Å². The molecule has 2 heterocycles. The Kier molecular flexibility index (Phi) is 10.6. The zero-order chi connectivity index (χ0) is 29.0. The molecule has 40 heavy (non-hydrogen) atoms. The second kappa shape index (κ2) is 13.7. The van der Waals surface area contributed by atoms with Crippen molar-refractivity contribution in [2.75, 3.05) is 19.0 Å². The summed E-state index contributed by atoms with van der Waals surface area (Å²) in [5, 5.41) is 0. The summed E-state index contributed by atoms with van der Waals surface area (Å²) in [7, 11) is 19.1. The minimum absolute atomic E-state index is 0.413. The third-order valence-electron chi connectivity index (χ3n) is 7.14. The number of rotatable bonds is 5. The molecule has 5 rings (SSSR count). The molecule has 3 aliphatic rings. The Hall–Kier alpha value is -2.11. The van der Waals surface area contributed by atoms with Gasteiger partial charge in [-0.1, -0.05) is 101 Å². The standard InChI is InChI=1S/C33H37N3.Au.3ClH/c1-23(2)27-19-13-20-28(24(3)4)32(27)35-22-26-16-12-21-31(34(5)6)36(26)33(35)30-18-11-10-17-29(30)25-14-8-7-9-15-25;;;;/h7-17,19-24H,18H2,1-6H3;;3*1H/q;+3;;;/p-3. The Labute approximate surface area is 258 Å². The maximum atomic E-state index is 4.95. The van der Waals surface area contributed by atoms with E-state index in [0.717, 1.165) is 6.42 Å². The van der Waals surface area contributed by atoms with Crippen molar-refractivity contribution in [1.82, 2.24) is 9.80 Å². The Morgan fingerprint density at radius 2 is 1.45 bits per heavy atom. The van der Waals surface area contributed by atoms with Crippen molar-refractivity contribution in [1.29, 1.82) is 0 Å². The molecule has 7 heteroatoms. The Balaban J connectivity index is 0.000000867. The topological polar surface area (TPSA) is 9.72 Å². The summed E-state index contributed by atoms with van der Waals surface area (Å²) in [5.41, 5.74) is 9.15. The van der Waals surface area contributed by atoms with Crippen LogP contribution in [0, 0.1) is 0 Å². The van der Waals surface area contributed by atoms with Crippen LogP contribution in [0.4, 0.5) is 5.69 Å². The number of para-hydroxylation sites is 1. The van der Waals surface area contributed by atoms with Crippen LogP contribution >= 0.6 is 27.6 Å². The minimum atomic E-state index is -1.79. The average molecular weight is 779 g/mol. The van der Waals surface area contributed by atoms with Crippen LogP contribution in [0.1, 0.15) is 62.6 Å². The van der Waals surface area contributed by atoms with E-state index in [2.05, 4.69) is 148 Å². The Morgan fingerprint density at radius 1 is 0.825 bits per heavy atom. The van der Waals surface area contributed by atoms with Gasteiger partial charge in [-0.3, -0.25) is 9.80 Å². The second-order valence-corrected chi connectivity index (χ2v) is 20.0. The summed E-state index contributed by atoms with van der Waals surface area (Å²) < 4.78 is 0. The van der Waals surface area contributed by atoms with E-state index >= 15 is 0 Å². The van der Waals surface area contributed by atoms with Crippen molar-refractivity contribution in [3.8, 4) is 0 Å². The maximum absolute atomic E-state index is 4.95. The van der Waals surface area contributed by atoms with E-state index in [9.17, 15) is 0 Å². The fourth-order valence-corrected chi connectivity index (χ4v) is 5.40. The van der Waals surface area contributed by atoms with Crippen LogP contribution < -0.4 is 4.90 Å². The van der Waals surface area contributed by atoms with Gasteiger partial charge < -0.3 is 4.90 Å². The number of hydrogen-bond donors (Lipinski definition) is 0. The molecule has 0 amide bonds. The van der Waals surface area contributed by atoms with Crippen molar-refractivity contribution < 1.29 is 15.2 Å². The molecule has 0 aromatic heterocycles. The van der Waals surface area contributed by atoms with E-state index in [1.807, 2.05) is 0 Å². The molecule has 2 aliphatic heterocycles. The third-order valence-corrected chi connectivity index (χ3v) is 7.14. The molecule has 2 aromatic carbocycles. The van der Waals surface area contributed by atoms with Gasteiger partial charge in [-0.25, -0.2) is 0 Å². The van der Waals surface area contributed by atoms with Crippen molar-refractivity contribution in [2.45, 2.75) is 46.0 Å². The Bertz CT molecular complexity index is 1370. The summed E-state index contributed by atoms with van der Waals surface area (Å²) >= 11 is -1.79. The van der Waals surface area contributed by atoms with Crippen molar-refractivity contribution in [3.63, 3.8) is 0 Å². The van der Waals surface area contributed by atoms with Gasteiger partial charge in [0.15, 0.2) is 0 Å². The molecule has 216 valence electrons. The van der Waals surface area contributed by atoms with Gasteiger partial charge in [0.1, 0.15) is 11.6 Å². The molecule has 0 atom stereocenters. The quantitative estimate of drug-likeness (QED) is 0.280. The van der Waals surface area contributed by atoms with Gasteiger partial charge in [0.05, 0.1) is 11.4 Å². The molecule has 0 radical (unpaired) electrons. The fraction of sp³-hybridized carbons (Fsp3) is 0.273. The normalized spacial score (nSPS) is 18.3. The Morgan fingerprint density at radius 3 is 2.02 bits per heavy atom. The first-order valence-electron chi connectivity index (χ1n) is 13.4. The molecule has 0 N–H and O–H groups in total. The summed E-state index contributed by atoms with van der Waals surface area (Å²) in [6, 6.07) is 17.6. The molecule has 3 nitrogen and oxygen atoms in total. The van der Waals surface area contributed by atoms with Gasteiger partial charge in [-0.2, -0.15) is 0 Å². The van der Waals surface area contributed by atoms with Gasteiger partial charge in [0.25, 0.3) is 0 Å². The number of hydrogen-bond acceptors (Lipinski definition) is 3. The summed E-state index contributed by atoms with van der Waals surface area (Å²) in [6.45, 7) is 9.21. The predicted molar refractivity (Wildman–Crippen MR) is 171 cm³/mol. The summed E-state index contributed by atoms with van der Waals surface area (Å²) in [6.07, 6.45) is 16.6. The van der Waals surface area contributed by atoms with E-state index in [-0.39, 0.29) is 0 Å². The first-order valence-corrected chi connectivity index (χ1v) is 21.4. The van der Waals surface area contributed by atoms with Crippen molar-refractivity contribution >= 4 is 38.8 Å². The average Bonchev–Trinajstić information content (AvgIpc) is 3.32. The molecule has 0 bridgehead atoms. The van der Waals surface area contributed by atoms with E-state index in [0.29, 0.717) is 11.8 Å². The first-order chi connectivity index (χ1) is 19.1. The third kappa shape index (κ3) is 6.68. The van der Waals surface area contributed by atoms with Gasteiger partial charge in [-0.15, -0.1) is 0 Å². The molecule has 2 aromatic rings. The van der Waals surface area contributed by atoms with Crippen LogP contribution in [0.3, 0.4) is 0 Å². The number of fused-ring (bicyclic) bond motifs is 1. The van der Waals surface area contributed by atoms with E-state index in [4.69, 9.17) is 27.6 Å². The molecule has 0 saturated heterocycles. The number of nitrogens with zero attached hydrogens (tertiary/aromatic N) is 3. The number of anilines is 1. The zero-order valence-corrected chi connectivity index (χ0v) is 28.2. The van der Waals surface area contributed by atoms with Gasteiger partial charge >= 0.3 is 42.8 Å². The van der Waals surface area contributed by atoms with Crippen LogP contribution in [0.25, 0.3) is 5.57 Å². The van der Waals surface area contributed by atoms with Gasteiger partial charge in [0.2, 0.25) is 0 Å². The van der Waals surface area contributed by atoms with E-state index < -0.39 is 15.2 Å². The zero-order valence-electron chi connectivity index (χ0n) is 23.8. The van der Waals surface area contributed by atoms with Crippen molar-refractivity contribution in [3.05, 3.63) is 131 Å². The van der Waals surface area contributed by atoms with Crippen LogP contribution in [0.2, 0.25) is 0 Å². The fourth-order valence-electron chi connectivity index (χ4n) is 5.40. The number of halogens is 3. The van der Waals surface area contributed by atoms with E-state index in [1.54, 1.807) is 0 Å². The van der Waals surface area contributed by atoms with Crippen LogP contribution in [0.15, 0.2) is 114 Å². The molecular weight excluding hydrogens is 742 g/mol. The first kappa shape index (κ1) is 30.8. The molecule has 0 spiro atoms. The summed E-state index contributed by atoms with van der Waals surface area (Å²) in [4.78, 5) is 7.13. The van der Waals surface area contributed by atoms with Crippen molar-refractivity contribution in [2.24, 2.45) is 0 Å². The molecule has 0 fully saturated rings. The predicted octanol–water partition coefficient (Wildman–Crippen LogP) is 10.2. The van der Waals surface area contributed by atoms with Crippen LogP contribution in [-0.4, -0.2) is 23.9 Å². The number of allylic oxidation sites excluding steroid dienone is 8. The van der Waals surface area contributed by atoms with Gasteiger partial charge in [0, 0.05) is 25.9 Å². The molecular formula is C33H37AuCl3N3. The van der Waals surface area contributed by atoms with Crippen LogP contribution in [-0.2, 0) is 15.2 Å². The monoisotopic (exact) mass is 777 g/mol. The van der Waals surface area contributed by atoms with Gasteiger partial charge in [-0.05, 0) is 52.7 Å². The second-order valence-electron chi connectivity index (χ2n) is 10.6. The molecule has 0 unspecified atom stereocenters. The summed E-state index contributed by atoms with van der Waals surface area (Å²) in [5.74, 6) is 3.22. The number of benzene rings is 2.